The number of anilines is 1. The molecule has 0 saturated heterocycles. The normalized spacial score (nSPS) is 13.6. The summed E-state index contributed by atoms with van der Waals surface area (Å²) in [4.78, 5) is 18.4. The fraction of sp³-hybridized carbons (Fsp3) is 0.333. The van der Waals surface area contributed by atoms with Gasteiger partial charge in [0.15, 0.2) is 0 Å². The number of amides is 1. The lowest BCUT2D eigenvalue weighted by molar-refractivity contribution is 0.0959. The quantitative estimate of drug-likeness (QED) is 0.733. The molecule has 0 saturated carbocycles. The van der Waals surface area contributed by atoms with Crippen molar-refractivity contribution in [1.29, 1.82) is 0 Å². The average Bonchev–Trinajstić information content (AvgIpc) is 2.97. The first-order valence-electron chi connectivity index (χ1n) is 9.16. The van der Waals surface area contributed by atoms with Crippen molar-refractivity contribution in [2.75, 3.05) is 12.3 Å². The number of hydrogen-bond acceptors (Lipinski definition) is 4. The van der Waals surface area contributed by atoms with Gasteiger partial charge in [-0.3, -0.25) is 4.79 Å². The summed E-state index contributed by atoms with van der Waals surface area (Å²) in [6.07, 6.45) is 5.80. The number of aromatic nitrogens is 1. The Balaban J connectivity index is 1.42. The number of fused-ring (bicyclic) bond motifs is 2. The van der Waals surface area contributed by atoms with Crippen LogP contribution in [-0.4, -0.2) is 17.4 Å². The van der Waals surface area contributed by atoms with Crippen LogP contribution >= 0.6 is 11.3 Å². The van der Waals surface area contributed by atoms with Gasteiger partial charge in [-0.05, 0) is 67.9 Å². The molecule has 3 aromatic rings. The van der Waals surface area contributed by atoms with Gasteiger partial charge in [-0.1, -0.05) is 18.2 Å². The number of hydrogen-bond donors (Lipinski definition) is 2. The summed E-state index contributed by atoms with van der Waals surface area (Å²) in [6, 6.07) is 10.6. The molecule has 4 nitrogen and oxygen atoms in total. The summed E-state index contributed by atoms with van der Waals surface area (Å²) >= 11 is 1.36. The Bertz CT molecular complexity index is 977. The molecule has 0 aliphatic heterocycles. The Labute approximate surface area is 157 Å². The molecule has 1 aromatic carbocycles. The molecule has 5 heteroatoms. The highest BCUT2D eigenvalue weighted by Crippen LogP contribution is 2.32. The number of rotatable bonds is 4. The van der Waals surface area contributed by atoms with Gasteiger partial charge in [0, 0.05) is 17.6 Å². The third-order valence-electron chi connectivity index (χ3n) is 5.05. The second kappa shape index (κ2) is 7.08. The van der Waals surface area contributed by atoms with Crippen LogP contribution in [-0.2, 0) is 19.3 Å². The minimum Gasteiger partial charge on any atom is -0.397 e. The van der Waals surface area contributed by atoms with Crippen molar-refractivity contribution in [3.05, 3.63) is 57.6 Å². The maximum atomic E-state index is 12.5. The molecule has 4 rings (SSSR count). The maximum Gasteiger partial charge on any atom is 0.263 e. The van der Waals surface area contributed by atoms with E-state index in [4.69, 9.17) is 5.73 Å². The third-order valence-corrected chi connectivity index (χ3v) is 6.17. The van der Waals surface area contributed by atoms with Crippen LogP contribution < -0.4 is 11.1 Å². The number of nitrogen functional groups attached to an aromatic ring is 1. The third kappa shape index (κ3) is 3.31. The molecule has 26 heavy (non-hydrogen) atoms. The first-order valence-corrected chi connectivity index (χ1v) is 9.98. The fourth-order valence-electron chi connectivity index (χ4n) is 3.60. The molecule has 134 valence electrons. The second-order valence-electron chi connectivity index (χ2n) is 6.97. The van der Waals surface area contributed by atoms with Crippen LogP contribution in [0.25, 0.3) is 10.2 Å². The van der Waals surface area contributed by atoms with Gasteiger partial charge in [-0.2, -0.15) is 0 Å². The fourth-order valence-corrected chi connectivity index (χ4v) is 4.66. The summed E-state index contributed by atoms with van der Waals surface area (Å²) in [5.41, 5.74) is 11.9. The number of thiophene rings is 1. The van der Waals surface area contributed by atoms with Crippen LogP contribution in [0.1, 0.15) is 44.9 Å². The largest absolute Gasteiger partial charge is 0.397 e. The molecular weight excluding hydrogens is 342 g/mol. The van der Waals surface area contributed by atoms with E-state index in [1.807, 2.05) is 19.1 Å². The van der Waals surface area contributed by atoms with Crippen LogP contribution in [0, 0.1) is 6.92 Å². The molecule has 0 spiro atoms. The molecule has 1 amide bonds. The minimum atomic E-state index is -0.110. The lowest BCUT2D eigenvalue weighted by atomic mass is 9.90. The SMILES string of the molecule is Cc1ccc2c(N)c(C(=O)NCCc3ccc4c(c3)CCCC4)sc2n1. The van der Waals surface area contributed by atoms with Crippen LogP contribution in [0.2, 0.25) is 0 Å². The standard InChI is InChI=1S/C21H23N3OS/c1-13-6-9-17-18(22)19(26-21(17)24-13)20(25)23-11-10-14-7-8-15-4-2-3-5-16(15)12-14/h6-9,12H,2-5,10-11,22H2,1H3,(H,23,25). The van der Waals surface area contributed by atoms with Crippen molar-refractivity contribution < 1.29 is 4.79 Å². The molecule has 0 atom stereocenters. The second-order valence-corrected chi connectivity index (χ2v) is 7.97. The topological polar surface area (TPSA) is 68.0 Å². The van der Waals surface area contributed by atoms with E-state index in [0.717, 1.165) is 22.3 Å². The minimum absolute atomic E-state index is 0.110. The van der Waals surface area contributed by atoms with Crippen LogP contribution in [0.5, 0.6) is 0 Å². The predicted molar refractivity (Wildman–Crippen MR) is 108 cm³/mol. The number of pyridine rings is 1. The van der Waals surface area contributed by atoms with Crippen molar-refractivity contribution >= 4 is 33.1 Å². The zero-order valence-electron chi connectivity index (χ0n) is 15.0. The lowest BCUT2D eigenvalue weighted by Crippen LogP contribution is -2.25. The smallest absolute Gasteiger partial charge is 0.263 e. The summed E-state index contributed by atoms with van der Waals surface area (Å²) in [6.45, 7) is 2.55. The lowest BCUT2D eigenvalue weighted by Gasteiger charge is -2.16. The average molecular weight is 366 g/mol. The first kappa shape index (κ1) is 17.0. The van der Waals surface area contributed by atoms with Crippen molar-refractivity contribution in [1.82, 2.24) is 10.3 Å². The van der Waals surface area contributed by atoms with Crippen LogP contribution in [0.15, 0.2) is 30.3 Å². The van der Waals surface area contributed by atoms with E-state index in [2.05, 4.69) is 28.5 Å². The molecule has 0 fully saturated rings. The van der Waals surface area contributed by atoms with Crippen molar-refractivity contribution in [2.24, 2.45) is 0 Å². The van der Waals surface area contributed by atoms with E-state index in [0.29, 0.717) is 17.1 Å². The van der Waals surface area contributed by atoms with E-state index in [-0.39, 0.29) is 5.91 Å². The Hall–Kier alpha value is -2.40. The number of carbonyl (C=O) groups is 1. The van der Waals surface area contributed by atoms with Gasteiger partial charge >= 0.3 is 0 Å². The highest BCUT2D eigenvalue weighted by Gasteiger charge is 2.17. The van der Waals surface area contributed by atoms with Gasteiger partial charge < -0.3 is 11.1 Å². The zero-order chi connectivity index (χ0) is 18.1. The van der Waals surface area contributed by atoms with Gasteiger partial charge in [-0.15, -0.1) is 11.3 Å². The Morgan fingerprint density at radius 2 is 2.00 bits per heavy atom. The molecule has 0 bridgehead atoms. The molecule has 0 radical (unpaired) electrons. The van der Waals surface area contributed by atoms with E-state index in [9.17, 15) is 4.79 Å². The molecule has 2 heterocycles. The van der Waals surface area contributed by atoms with Crippen LogP contribution in [0.3, 0.4) is 0 Å². The van der Waals surface area contributed by atoms with E-state index in [1.165, 1.54) is 53.7 Å². The van der Waals surface area contributed by atoms with Gasteiger partial charge in [-0.25, -0.2) is 4.98 Å². The maximum absolute atomic E-state index is 12.5. The number of nitrogens with one attached hydrogen (secondary N) is 1. The van der Waals surface area contributed by atoms with E-state index in [1.54, 1.807) is 0 Å². The highest BCUT2D eigenvalue weighted by molar-refractivity contribution is 7.21. The molecule has 2 aromatic heterocycles. The Kier molecular flexibility index (Phi) is 4.64. The number of nitrogens with two attached hydrogens (primary N) is 1. The molecular formula is C21H23N3OS. The number of nitrogens with zero attached hydrogens (tertiary/aromatic N) is 1. The molecule has 0 unspecified atom stereocenters. The number of aryl methyl sites for hydroxylation is 3. The van der Waals surface area contributed by atoms with Crippen molar-refractivity contribution in [3.8, 4) is 0 Å². The van der Waals surface area contributed by atoms with Gasteiger partial charge in [0.1, 0.15) is 9.71 Å². The predicted octanol–water partition coefficient (Wildman–Crippen LogP) is 4.04. The monoisotopic (exact) mass is 365 g/mol. The summed E-state index contributed by atoms with van der Waals surface area (Å²) in [7, 11) is 0. The first-order chi connectivity index (χ1) is 12.6. The Morgan fingerprint density at radius 1 is 1.19 bits per heavy atom. The van der Waals surface area contributed by atoms with E-state index >= 15 is 0 Å². The molecule has 3 N–H and O–H groups in total. The number of benzene rings is 1. The van der Waals surface area contributed by atoms with Crippen molar-refractivity contribution in [2.45, 2.75) is 39.0 Å². The van der Waals surface area contributed by atoms with Crippen molar-refractivity contribution in [3.63, 3.8) is 0 Å². The highest BCUT2D eigenvalue weighted by atomic mass is 32.1. The van der Waals surface area contributed by atoms with Gasteiger partial charge in [0.25, 0.3) is 5.91 Å². The summed E-state index contributed by atoms with van der Waals surface area (Å²) in [5.74, 6) is -0.110. The zero-order valence-corrected chi connectivity index (χ0v) is 15.8. The summed E-state index contributed by atoms with van der Waals surface area (Å²) < 4.78 is 0. The van der Waals surface area contributed by atoms with E-state index < -0.39 is 0 Å². The molecule has 1 aliphatic rings. The van der Waals surface area contributed by atoms with Gasteiger partial charge in [0.05, 0.1) is 5.69 Å². The Morgan fingerprint density at radius 3 is 2.85 bits per heavy atom. The van der Waals surface area contributed by atoms with Gasteiger partial charge in [0.2, 0.25) is 0 Å². The molecule has 1 aliphatic carbocycles. The number of carbonyl (C=O) groups excluding carboxylic acids is 1. The summed E-state index contributed by atoms with van der Waals surface area (Å²) in [5, 5.41) is 3.87. The van der Waals surface area contributed by atoms with Crippen LogP contribution in [0.4, 0.5) is 5.69 Å².